The minimum absolute atomic E-state index is 0.0565. The molecule has 1 N–H and O–H groups in total. The summed E-state index contributed by atoms with van der Waals surface area (Å²) in [6, 6.07) is 9.61. The van der Waals surface area contributed by atoms with Crippen LogP contribution in [0.2, 0.25) is 0 Å². The molecule has 1 heterocycles. The lowest BCUT2D eigenvalue weighted by Gasteiger charge is -2.35. The van der Waals surface area contributed by atoms with Crippen molar-refractivity contribution in [1.29, 1.82) is 0 Å². The van der Waals surface area contributed by atoms with Gasteiger partial charge in [-0.25, -0.2) is 4.99 Å². The van der Waals surface area contributed by atoms with E-state index in [1.165, 1.54) is 64.2 Å². The van der Waals surface area contributed by atoms with Crippen molar-refractivity contribution in [3.05, 3.63) is 30.3 Å². The second-order valence-corrected chi connectivity index (χ2v) is 8.39. The Kier molecular flexibility index (Phi) is 7.71. The van der Waals surface area contributed by atoms with Gasteiger partial charge in [0.05, 0.1) is 0 Å². The Morgan fingerprint density at radius 2 is 1.56 bits per heavy atom. The Morgan fingerprint density at radius 3 is 2.19 bits per heavy atom. The highest BCUT2D eigenvalue weighted by molar-refractivity contribution is 6.22. The smallest absolute Gasteiger partial charge is 0.217 e. The van der Waals surface area contributed by atoms with E-state index in [2.05, 4.69) is 22.2 Å². The van der Waals surface area contributed by atoms with Gasteiger partial charge in [0.2, 0.25) is 11.5 Å². The van der Waals surface area contributed by atoms with E-state index in [0.29, 0.717) is 5.90 Å². The third kappa shape index (κ3) is 6.62. The van der Waals surface area contributed by atoms with Gasteiger partial charge in [0, 0.05) is 11.8 Å². The number of halogens is 1. The third-order valence-corrected chi connectivity index (χ3v) is 5.74. The van der Waals surface area contributed by atoms with Crippen molar-refractivity contribution in [1.82, 2.24) is 5.32 Å². The van der Waals surface area contributed by atoms with Crippen LogP contribution in [0.5, 0.6) is 5.75 Å². The molecule has 2 unspecified atom stereocenters. The summed E-state index contributed by atoms with van der Waals surface area (Å²) in [5.41, 5.74) is -0.553. The summed E-state index contributed by atoms with van der Waals surface area (Å²) >= 11 is 6.13. The largest absolute Gasteiger partial charge is 0.441 e. The SMILES string of the molecule is CC1(NC2C=NC(Cl)N=C2Oc2ccccc2)CCCCCCCCCC1. The first-order valence-electron chi connectivity index (χ1n) is 10.4. The predicted octanol–water partition coefficient (Wildman–Crippen LogP) is 5.70. The highest BCUT2D eigenvalue weighted by Gasteiger charge is 2.31. The number of alkyl halides is 1. The van der Waals surface area contributed by atoms with Crippen LogP contribution in [0.1, 0.15) is 71.1 Å². The van der Waals surface area contributed by atoms with Gasteiger partial charge in [0.15, 0.2) is 0 Å². The van der Waals surface area contributed by atoms with Crippen LogP contribution in [0.15, 0.2) is 40.3 Å². The molecule has 1 aromatic rings. The van der Waals surface area contributed by atoms with E-state index in [1.54, 1.807) is 0 Å². The Labute approximate surface area is 168 Å². The molecule has 0 saturated heterocycles. The van der Waals surface area contributed by atoms with Crippen molar-refractivity contribution in [2.75, 3.05) is 0 Å². The molecule has 27 heavy (non-hydrogen) atoms. The van der Waals surface area contributed by atoms with E-state index >= 15 is 0 Å². The second-order valence-electron chi connectivity index (χ2n) is 8.00. The van der Waals surface area contributed by atoms with Gasteiger partial charge < -0.3 is 4.74 Å². The molecular formula is C22H32ClN3O. The number of hydrogen-bond acceptors (Lipinski definition) is 4. The quantitative estimate of drug-likeness (QED) is 0.532. The fourth-order valence-electron chi connectivity index (χ4n) is 3.97. The summed E-state index contributed by atoms with van der Waals surface area (Å²) in [5.74, 6) is 1.38. The lowest BCUT2D eigenvalue weighted by Crippen LogP contribution is -2.54. The van der Waals surface area contributed by atoms with Crippen LogP contribution in [0.4, 0.5) is 0 Å². The third-order valence-electron chi connectivity index (χ3n) is 5.53. The maximum atomic E-state index is 6.13. The Bertz CT molecular complexity index is 620. The highest BCUT2D eigenvalue weighted by Crippen LogP contribution is 2.26. The maximum Gasteiger partial charge on any atom is 0.217 e. The van der Waals surface area contributed by atoms with Crippen molar-refractivity contribution in [2.24, 2.45) is 9.98 Å². The maximum absolute atomic E-state index is 6.13. The average molecular weight is 390 g/mol. The van der Waals surface area contributed by atoms with Crippen LogP contribution in [-0.2, 0) is 0 Å². The molecule has 2 atom stereocenters. The molecule has 4 nitrogen and oxygen atoms in total. The lowest BCUT2D eigenvalue weighted by molar-refractivity contribution is 0.287. The normalized spacial score (nSPS) is 26.7. The molecule has 0 amide bonds. The predicted molar refractivity (Wildman–Crippen MR) is 114 cm³/mol. The van der Waals surface area contributed by atoms with E-state index in [-0.39, 0.29) is 11.6 Å². The van der Waals surface area contributed by atoms with Crippen molar-refractivity contribution in [3.63, 3.8) is 0 Å². The Hall–Kier alpha value is -1.39. The molecule has 1 saturated carbocycles. The topological polar surface area (TPSA) is 46.0 Å². The zero-order valence-electron chi connectivity index (χ0n) is 16.4. The van der Waals surface area contributed by atoms with Crippen molar-refractivity contribution >= 4 is 23.7 Å². The van der Waals surface area contributed by atoms with Gasteiger partial charge in [-0.15, -0.1) is 0 Å². The van der Waals surface area contributed by atoms with Crippen molar-refractivity contribution in [3.8, 4) is 5.75 Å². The molecular weight excluding hydrogens is 358 g/mol. The van der Waals surface area contributed by atoms with Crippen molar-refractivity contribution in [2.45, 2.75) is 88.3 Å². The van der Waals surface area contributed by atoms with Crippen LogP contribution in [-0.4, -0.2) is 29.3 Å². The number of hydrogen-bond donors (Lipinski definition) is 1. The van der Waals surface area contributed by atoms with Crippen LogP contribution in [0, 0.1) is 0 Å². The molecule has 3 rings (SSSR count). The Morgan fingerprint density at radius 1 is 0.963 bits per heavy atom. The van der Waals surface area contributed by atoms with Crippen LogP contribution in [0.3, 0.4) is 0 Å². The average Bonchev–Trinajstić information content (AvgIpc) is 2.71. The number of rotatable bonds is 3. The molecule has 1 aliphatic heterocycles. The summed E-state index contributed by atoms with van der Waals surface area (Å²) in [4.78, 5) is 8.75. The summed E-state index contributed by atoms with van der Waals surface area (Å²) < 4.78 is 6.06. The minimum Gasteiger partial charge on any atom is -0.441 e. The molecule has 1 fully saturated rings. The van der Waals surface area contributed by atoms with Gasteiger partial charge in [-0.1, -0.05) is 81.2 Å². The van der Waals surface area contributed by atoms with E-state index in [4.69, 9.17) is 16.3 Å². The van der Waals surface area contributed by atoms with Gasteiger partial charge >= 0.3 is 0 Å². The second kappa shape index (κ2) is 10.2. The zero-order chi connectivity index (χ0) is 19.0. The molecule has 1 aromatic carbocycles. The van der Waals surface area contributed by atoms with Crippen LogP contribution < -0.4 is 10.1 Å². The zero-order valence-corrected chi connectivity index (χ0v) is 17.1. The number of para-hydroxylation sites is 1. The number of benzene rings is 1. The standard InChI is InChI=1S/C22H32ClN3O/c1-22(15-11-6-4-2-3-5-7-12-16-22)26-19-17-24-21(23)25-20(19)27-18-13-9-8-10-14-18/h8-10,13-14,17,19,21,26H,2-7,11-12,15-16H2,1H3. The molecule has 0 radical (unpaired) electrons. The van der Waals surface area contributed by atoms with Gasteiger partial charge in [-0.05, 0) is 31.9 Å². The van der Waals surface area contributed by atoms with Crippen LogP contribution >= 0.6 is 11.6 Å². The first-order chi connectivity index (χ1) is 13.1. The number of ether oxygens (including phenoxy) is 1. The van der Waals surface area contributed by atoms with Crippen molar-refractivity contribution < 1.29 is 4.74 Å². The lowest BCUT2D eigenvalue weighted by atomic mass is 9.88. The number of nitrogens with zero attached hydrogens (tertiary/aromatic N) is 2. The fraction of sp³-hybridized carbons (Fsp3) is 0.636. The van der Waals surface area contributed by atoms with E-state index in [9.17, 15) is 0 Å². The van der Waals surface area contributed by atoms with Gasteiger partial charge in [0.25, 0.3) is 0 Å². The molecule has 1 aliphatic carbocycles. The highest BCUT2D eigenvalue weighted by atomic mass is 35.5. The summed E-state index contributed by atoms with van der Waals surface area (Å²) in [7, 11) is 0. The molecule has 5 heteroatoms. The number of aliphatic imine (C=N–C) groups is 2. The fourth-order valence-corrected chi connectivity index (χ4v) is 4.13. The molecule has 148 valence electrons. The minimum atomic E-state index is -0.609. The van der Waals surface area contributed by atoms with E-state index in [0.717, 1.165) is 5.75 Å². The first-order valence-corrected chi connectivity index (χ1v) is 10.8. The van der Waals surface area contributed by atoms with E-state index in [1.807, 2.05) is 36.5 Å². The van der Waals surface area contributed by atoms with Crippen LogP contribution in [0.25, 0.3) is 0 Å². The molecule has 0 aromatic heterocycles. The summed E-state index contributed by atoms with van der Waals surface area (Å²) in [5, 5.41) is 3.80. The number of nitrogens with one attached hydrogen (secondary N) is 1. The van der Waals surface area contributed by atoms with Gasteiger partial charge in [0.1, 0.15) is 11.8 Å². The monoisotopic (exact) mass is 389 g/mol. The van der Waals surface area contributed by atoms with Gasteiger partial charge in [-0.2, -0.15) is 0 Å². The first kappa shape index (κ1) is 20.3. The van der Waals surface area contributed by atoms with Gasteiger partial charge in [-0.3, -0.25) is 10.3 Å². The molecule has 2 aliphatic rings. The molecule has 0 spiro atoms. The summed E-state index contributed by atoms with van der Waals surface area (Å²) in [6.45, 7) is 2.34. The molecule has 0 bridgehead atoms. The van der Waals surface area contributed by atoms with E-state index < -0.39 is 5.62 Å². The summed E-state index contributed by atoms with van der Waals surface area (Å²) in [6.07, 6.45) is 14.9. The Balaban J connectivity index is 1.69.